The molecule has 0 heterocycles. The predicted molar refractivity (Wildman–Crippen MR) is 188 cm³/mol. The first-order valence-corrected chi connectivity index (χ1v) is 17.1. The van der Waals surface area contributed by atoms with Crippen molar-refractivity contribution in [2.45, 2.75) is 65.2 Å². The van der Waals surface area contributed by atoms with Gasteiger partial charge in [0.15, 0.2) is 0 Å². The number of unbranched alkanes of at least 4 members (excludes halogenated alkanes) is 2. The fourth-order valence-corrected chi connectivity index (χ4v) is 5.01. The van der Waals surface area contributed by atoms with E-state index in [2.05, 4.69) is 19.7 Å². The molecule has 13 heteroatoms. The molecule has 3 rings (SSSR count). The van der Waals surface area contributed by atoms with Gasteiger partial charge in [-0.3, -0.25) is 9.59 Å². The van der Waals surface area contributed by atoms with Gasteiger partial charge in [-0.1, -0.05) is 19.7 Å². The number of aryl methyl sites for hydroxylation is 2. The van der Waals surface area contributed by atoms with E-state index in [4.69, 9.17) is 37.9 Å². The number of allylic oxidation sites excluding steroid dienone is 1. The van der Waals surface area contributed by atoms with Crippen molar-refractivity contribution >= 4 is 30.2 Å². The van der Waals surface area contributed by atoms with Crippen LogP contribution in [-0.4, -0.2) is 56.6 Å². The maximum atomic E-state index is 13.0. The van der Waals surface area contributed by atoms with Crippen LogP contribution in [0.4, 0.5) is 9.59 Å². The molecule has 280 valence electrons. The second-order valence-electron chi connectivity index (χ2n) is 12.0. The van der Waals surface area contributed by atoms with Gasteiger partial charge >= 0.3 is 30.2 Å². The Morgan fingerprint density at radius 2 is 1.00 bits per heavy atom. The molecule has 0 aliphatic heterocycles. The lowest BCUT2D eigenvalue weighted by molar-refractivity contribution is -0.145. The Hall–Kier alpha value is -5.59. The molecular formula is C39H46O13. The molecule has 1 aliphatic rings. The van der Waals surface area contributed by atoms with Crippen LogP contribution in [-0.2, 0) is 33.3 Å². The molecule has 0 amide bonds. The molecule has 0 atom stereocenters. The van der Waals surface area contributed by atoms with Crippen molar-refractivity contribution in [1.29, 1.82) is 0 Å². The number of carbonyl (C=O) groups excluding carboxylic acids is 5. The molecule has 1 aliphatic carbocycles. The van der Waals surface area contributed by atoms with Crippen molar-refractivity contribution < 1.29 is 61.9 Å². The SMILES string of the molecule is C=CC(=C)OCCCCOC(=O)Oc1ccc(OC(=O)C2CCC(C(=O)Oc3ccc(OC(=O)OCCCCOC(=O)C=C)cc3C)CC2)c(C)c1. The van der Waals surface area contributed by atoms with Gasteiger partial charge in [0, 0.05) is 6.08 Å². The summed E-state index contributed by atoms with van der Waals surface area (Å²) in [5.41, 5.74) is 1.18. The molecule has 0 saturated heterocycles. The standard InChI is InChI=1S/C39H46O13/c1-6-28(5)45-20-8-10-22-47-38(43)49-31-16-18-33(26(3)24-31)51-36(41)29-12-14-30(15-13-29)37(42)52-34-19-17-32(25-27(34)4)50-39(44)48-23-11-9-21-46-35(40)7-2/h6-7,16-19,24-25,29-30H,1-2,5,8-15,20-23H2,3-4H3. The maximum Gasteiger partial charge on any atom is 0.513 e. The first-order chi connectivity index (χ1) is 25.0. The molecule has 0 N–H and O–H groups in total. The first kappa shape index (κ1) is 40.8. The average Bonchev–Trinajstić information content (AvgIpc) is 3.13. The normalized spacial score (nSPS) is 14.9. The highest BCUT2D eigenvalue weighted by Crippen LogP contribution is 2.33. The Labute approximate surface area is 303 Å². The minimum absolute atomic E-state index is 0.0913. The van der Waals surface area contributed by atoms with Gasteiger partial charge in [0.2, 0.25) is 0 Å². The Bertz CT molecular complexity index is 1470. The Morgan fingerprint density at radius 3 is 1.38 bits per heavy atom. The van der Waals surface area contributed by atoms with E-state index in [9.17, 15) is 24.0 Å². The number of ether oxygens (including phenoxy) is 8. The number of hydrogen-bond acceptors (Lipinski definition) is 13. The van der Waals surface area contributed by atoms with Crippen LogP contribution in [0.1, 0.15) is 62.5 Å². The summed E-state index contributed by atoms with van der Waals surface area (Å²) < 4.78 is 42.0. The Balaban J connectivity index is 1.36. The highest BCUT2D eigenvalue weighted by atomic mass is 16.7. The minimum atomic E-state index is -0.887. The molecule has 2 aromatic rings. The van der Waals surface area contributed by atoms with E-state index in [1.54, 1.807) is 32.0 Å². The van der Waals surface area contributed by atoms with Crippen molar-refractivity contribution in [2.24, 2.45) is 11.8 Å². The molecule has 0 aromatic heterocycles. The summed E-state index contributed by atoms with van der Waals surface area (Å²) in [6, 6.07) is 9.24. The largest absolute Gasteiger partial charge is 0.513 e. The van der Waals surface area contributed by atoms with Crippen LogP contribution in [0.5, 0.6) is 23.0 Å². The van der Waals surface area contributed by atoms with E-state index in [1.807, 2.05) is 0 Å². The number of benzene rings is 2. The highest BCUT2D eigenvalue weighted by Gasteiger charge is 2.32. The Morgan fingerprint density at radius 1 is 0.596 bits per heavy atom. The van der Waals surface area contributed by atoms with Crippen molar-refractivity contribution in [1.82, 2.24) is 0 Å². The summed E-state index contributed by atoms with van der Waals surface area (Å²) in [5, 5.41) is 0. The number of hydrogen-bond donors (Lipinski definition) is 0. The zero-order chi connectivity index (χ0) is 37.9. The van der Waals surface area contributed by atoms with Crippen LogP contribution in [0.25, 0.3) is 0 Å². The molecule has 0 bridgehead atoms. The molecule has 52 heavy (non-hydrogen) atoms. The molecule has 1 saturated carbocycles. The van der Waals surface area contributed by atoms with Gasteiger partial charge in [-0.25, -0.2) is 14.4 Å². The summed E-state index contributed by atoms with van der Waals surface area (Å²) >= 11 is 0. The number of carbonyl (C=O) groups is 5. The zero-order valence-electron chi connectivity index (χ0n) is 29.7. The molecule has 13 nitrogen and oxygen atoms in total. The van der Waals surface area contributed by atoms with Crippen LogP contribution >= 0.6 is 0 Å². The van der Waals surface area contributed by atoms with E-state index in [0.717, 1.165) is 6.08 Å². The van der Waals surface area contributed by atoms with E-state index < -0.39 is 36.1 Å². The lowest BCUT2D eigenvalue weighted by atomic mass is 9.82. The van der Waals surface area contributed by atoms with Crippen molar-refractivity contribution in [3.63, 3.8) is 0 Å². The van der Waals surface area contributed by atoms with Crippen molar-refractivity contribution in [2.75, 3.05) is 26.4 Å². The van der Waals surface area contributed by atoms with Crippen LogP contribution in [0.15, 0.2) is 74.0 Å². The Kier molecular flexibility index (Phi) is 17.0. The first-order valence-electron chi connectivity index (χ1n) is 17.1. The minimum Gasteiger partial charge on any atom is -0.494 e. The topological polar surface area (TPSA) is 159 Å². The van der Waals surface area contributed by atoms with E-state index in [1.165, 1.54) is 24.3 Å². The average molecular weight is 723 g/mol. The summed E-state index contributed by atoms with van der Waals surface area (Å²) in [6.07, 6.45) is 4.92. The smallest absolute Gasteiger partial charge is 0.494 e. The van der Waals surface area contributed by atoms with Crippen molar-refractivity contribution in [3.05, 3.63) is 85.2 Å². The molecular weight excluding hydrogens is 676 g/mol. The van der Waals surface area contributed by atoms with Crippen LogP contribution in [0.3, 0.4) is 0 Å². The summed E-state index contributed by atoms with van der Waals surface area (Å²) in [7, 11) is 0. The van der Waals surface area contributed by atoms with Crippen LogP contribution in [0, 0.1) is 25.7 Å². The fourth-order valence-electron chi connectivity index (χ4n) is 5.01. The predicted octanol–water partition coefficient (Wildman–Crippen LogP) is 7.66. The van der Waals surface area contributed by atoms with E-state index in [0.29, 0.717) is 86.4 Å². The zero-order valence-corrected chi connectivity index (χ0v) is 29.7. The summed E-state index contributed by atoms with van der Waals surface area (Å²) in [4.78, 5) is 61.0. The quantitative estimate of drug-likeness (QED) is 0.0203. The van der Waals surface area contributed by atoms with Gasteiger partial charge in [0.1, 0.15) is 28.8 Å². The second kappa shape index (κ2) is 21.6. The molecule has 2 aromatic carbocycles. The summed E-state index contributed by atoms with van der Waals surface area (Å²) in [5.74, 6) is -0.467. The van der Waals surface area contributed by atoms with Gasteiger partial charge in [-0.2, -0.15) is 0 Å². The number of esters is 3. The van der Waals surface area contributed by atoms with Crippen LogP contribution < -0.4 is 18.9 Å². The maximum absolute atomic E-state index is 13.0. The molecule has 0 spiro atoms. The number of rotatable bonds is 19. The van der Waals surface area contributed by atoms with Gasteiger partial charge in [-0.05, 0) is 119 Å². The molecule has 0 radical (unpaired) electrons. The van der Waals surface area contributed by atoms with Crippen molar-refractivity contribution in [3.8, 4) is 23.0 Å². The van der Waals surface area contributed by atoms with Gasteiger partial charge < -0.3 is 37.9 Å². The second-order valence-corrected chi connectivity index (χ2v) is 12.0. The van der Waals surface area contributed by atoms with Gasteiger partial charge in [0.25, 0.3) is 0 Å². The lowest BCUT2D eigenvalue weighted by Gasteiger charge is -2.26. The van der Waals surface area contributed by atoms with Gasteiger partial charge in [-0.15, -0.1) is 0 Å². The third-order valence-corrected chi connectivity index (χ3v) is 7.95. The summed E-state index contributed by atoms with van der Waals surface area (Å²) in [6.45, 7) is 14.9. The monoisotopic (exact) mass is 722 g/mol. The van der Waals surface area contributed by atoms with E-state index >= 15 is 0 Å². The lowest BCUT2D eigenvalue weighted by Crippen LogP contribution is -2.30. The highest BCUT2D eigenvalue weighted by molar-refractivity contribution is 5.81. The third-order valence-electron chi connectivity index (χ3n) is 7.95. The molecule has 0 unspecified atom stereocenters. The van der Waals surface area contributed by atoms with Crippen LogP contribution in [0.2, 0.25) is 0 Å². The third kappa shape index (κ3) is 14.3. The van der Waals surface area contributed by atoms with E-state index in [-0.39, 0.29) is 37.2 Å². The van der Waals surface area contributed by atoms with Gasteiger partial charge in [0.05, 0.1) is 38.3 Å². The molecule has 1 fully saturated rings. The fraction of sp³-hybridized carbons (Fsp3) is 0.410.